The molecule has 0 fully saturated rings. The molecule has 2 heteroatoms. The number of para-hydroxylation sites is 2. The summed E-state index contributed by atoms with van der Waals surface area (Å²) in [4.78, 5) is 0. The minimum Gasteiger partial charge on any atom is -0.456 e. The highest BCUT2D eigenvalue weighted by Gasteiger charge is 2.40. The maximum Gasteiger partial charge on any atom is 0.135 e. The number of aromatic nitrogens is 1. The lowest BCUT2D eigenvalue weighted by Crippen LogP contribution is -2.14. The zero-order chi connectivity index (χ0) is 20.7. The van der Waals surface area contributed by atoms with Gasteiger partial charge in [0.2, 0.25) is 0 Å². The monoisotopic (exact) mass is 399 g/mol. The Bertz CT molecular complexity index is 1660. The van der Waals surface area contributed by atoms with E-state index in [0.29, 0.717) is 0 Å². The largest absolute Gasteiger partial charge is 0.456 e. The van der Waals surface area contributed by atoms with Crippen molar-refractivity contribution in [3.8, 4) is 16.9 Å². The molecule has 0 saturated carbocycles. The van der Waals surface area contributed by atoms with Crippen LogP contribution in [-0.2, 0) is 5.41 Å². The SMILES string of the molecule is CC1(C)c2ccccc2-c2c1c1ccccc1n2-c1ccc2oc3ccccc3c2c1. The predicted octanol–water partition coefficient (Wildman–Crippen LogP) is 7.84. The van der Waals surface area contributed by atoms with Crippen molar-refractivity contribution in [3.05, 3.63) is 102 Å². The van der Waals surface area contributed by atoms with Crippen molar-refractivity contribution < 1.29 is 4.42 Å². The molecule has 1 aliphatic rings. The van der Waals surface area contributed by atoms with E-state index in [4.69, 9.17) is 4.42 Å². The van der Waals surface area contributed by atoms with Crippen LogP contribution in [-0.4, -0.2) is 4.57 Å². The summed E-state index contributed by atoms with van der Waals surface area (Å²) in [5.41, 5.74) is 9.71. The summed E-state index contributed by atoms with van der Waals surface area (Å²) >= 11 is 0. The van der Waals surface area contributed by atoms with Crippen molar-refractivity contribution in [1.29, 1.82) is 0 Å². The first-order valence-electron chi connectivity index (χ1n) is 10.8. The van der Waals surface area contributed by atoms with E-state index < -0.39 is 0 Å². The Morgan fingerprint density at radius 1 is 0.677 bits per heavy atom. The summed E-state index contributed by atoms with van der Waals surface area (Å²) in [6.07, 6.45) is 0. The number of hydrogen-bond acceptors (Lipinski definition) is 1. The van der Waals surface area contributed by atoms with Gasteiger partial charge < -0.3 is 8.98 Å². The molecule has 0 aliphatic heterocycles. The fourth-order valence-electron chi connectivity index (χ4n) is 5.62. The van der Waals surface area contributed by atoms with E-state index in [1.165, 1.54) is 39.0 Å². The van der Waals surface area contributed by atoms with E-state index in [1.54, 1.807) is 0 Å². The van der Waals surface area contributed by atoms with Gasteiger partial charge in [-0.1, -0.05) is 74.5 Å². The van der Waals surface area contributed by atoms with Crippen LogP contribution in [0.5, 0.6) is 0 Å². The van der Waals surface area contributed by atoms with E-state index in [2.05, 4.69) is 97.3 Å². The van der Waals surface area contributed by atoms with Crippen molar-refractivity contribution >= 4 is 32.8 Å². The Kier molecular flexibility index (Phi) is 3.10. The van der Waals surface area contributed by atoms with Gasteiger partial charge in [0.05, 0.1) is 11.2 Å². The van der Waals surface area contributed by atoms with Crippen LogP contribution in [0.25, 0.3) is 49.8 Å². The van der Waals surface area contributed by atoms with Gasteiger partial charge in [-0.3, -0.25) is 0 Å². The van der Waals surface area contributed by atoms with Gasteiger partial charge in [-0.2, -0.15) is 0 Å². The molecule has 148 valence electrons. The van der Waals surface area contributed by atoms with Crippen LogP contribution in [0.4, 0.5) is 0 Å². The molecular formula is C29H21NO. The average molecular weight is 399 g/mol. The summed E-state index contributed by atoms with van der Waals surface area (Å²) in [7, 11) is 0. The Hall–Kier alpha value is -3.78. The minimum absolute atomic E-state index is 0.0385. The Balaban J connectivity index is 1.63. The maximum atomic E-state index is 6.08. The third-order valence-corrected chi connectivity index (χ3v) is 6.97. The van der Waals surface area contributed by atoms with Crippen LogP contribution < -0.4 is 0 Å². The summed E-state index contributed by atoms with van der Waals surface area (Å²) < 4.78 is 8.53. The standard InChI is InChI=1S/C29H21NO/c1-29(2)23-12-6-3-10-20(23)28-27(29)21-11-4-7-13-24(21)30(28)18-15-16-26-22(17-18)19-9-5-8-14-25(19)31-26/h3-17H,1-2H3. The quantitative estimate of drug-likeness (QED) is 0.275. The molecule has 2 nitrogen and oxygen atoms in total. The van der Waals surface area contributed by atoms with E-state index in [0.717, 1.165) is 21.9 Å². The number of benzene rings is 4. The van der Waals surface area contributed by atoms with Gasteiger partial charge in [0.25, 0.3) is 0 Å². The predicted molar refractivity (Wildman–Crippen MR) is 128 cm³/mol. The van der Waals surface area contributed by atoms with Crippen LogP contribution in [0, 0.1) is 0 Å². The van der Waals surface area contributed by atoms with Crippen LogP contribution in [0.2, 0.25) is 0 Å². The average Bonchev–Trinajstić information content (AvgIpc) is 3.41. The summed E-state index contributed by atoms with van der Waals surface area (Å²) in [5.74, 6) is 0. The van der Waals surface area contributed by atoms with Gasteiger partial charge in [0.15, 0.2) is 0 Å². The normalized spacial score (nSPS) is 14.4. The summed E-state index contributed by atoms with van der Waals surface area (Å²) in [6.45, 7) is 4.70. The molecule has 6 aromatic rings. The Labute approximate surface area is 180 Å². The molecule has 0 spiro atoms. The molecule has 4 aromatic carbocycles. The van der Waals surface area contributed by atoms with Crippen molar-refractivity contribution in [2.45, 2.75) is 19.3 Å². The maximum absolute atomic E-state index is 6.08. The molecule has 2 heterocycles. The topological polar surface area (TPSA) is 18.1 Å². The molecule has 0 saturated heterocycles. The number of rotatable bonds is 1. The summed E-state index contributed by atoms with van der Waals surface area (Å²) in [5, 5.41) is 3.65. The van der Waals surface area contributed by atoms with Crippen molar-refractivity contribution in [2.75, 3.05) is 0 Å². The molecule has 1 aliphatic carbocycles. The smallest absolute Gasteiger partial charge is 0.135 e. The Morgan fingerprint density at radius 3 is 2.29 bits per heavy atom. The molecule has 0 N–H and O–H groups in total. The van der Waals surface area contributed by atoms with Gasteiger partial charge in [-0.05, 0) is 41.5 Å². The third-order valence-electron chi connectivity index (χ3n) is 6.97. The summed E-state index contributed by atoms with van der Waals surface area (Å²) in [6, 6.07) is 32.5. The first-order chi connectivity index (χ1) is 15.1. The second kappa shape index (κ2) is 5.67. The van der Waals surface area contributed by atoms with Gasteiger partial charge >= 0.3 is 0 Å². The fraction of sp³-hybridized carbons (Fsp3) is 0.103. The third kappa shape index (κ3) is 2.07. The highest BCUT2D eigenvalue weighted by Crippen LogP contribution is 2.53. The lowest BCUT2D eigenvalue weighted by Gasteiger charge is -2.21. The second-order valence-corrected chi connectivity index (χ2v) is 9.03. The Morgan fingerprint density at radius 2 is 1.39 bits per heavy atom. The lowest BCUT2D eigenvalue weighted by atomic mass is 9.81. The highest BCUT2D eigenvalue weighted by atomic mass is 16.3. The fourth-order valence-corrected chi connectivity index (χ4v) is 5.62. The van der Waals surface area contributed by atoms with Crippen molar-refractivity contribution in [2.24, 2.45) is 0 Å². The number of furan rings is 1. The molecule has 31 heavy (non-hydrogen) atoms. The highest BCUT2D eigenvalue weighted by molar-refractivity contribution is 6.06. The molecule has 0 amide bonds. The zero-order valence-electron chi connectivity index (χ0n) is 17.5. The number of hydrogen-bond donors (Lipinski definition) is 0. The van der Waals surface area contributed by atoms with E-state index >= 15 is 0 Å². The van der Waals surface area contributed by atoms with Gasteiger partial charge in [-0.25, -0.2) is 0 Å². The van der Waals surface area contributed by atoms with Gasteiger partial charge in [-0.15, -0.1) is 0 Å². The van der Waals surface area contributed by atoms with Gasteiger partial charge in [0, 0.05) is 32.8 Å². The molecule has 7 rings (SSSR count). The van der Waals surface area contributed by atoms with Crippen LogP contribution in [0.1, 0.15) is 25.0 Å². The van der Waals surface area contributed by atoms with Crippen LogP contribution in [0.3, 0.4) is 0 Å². The molecular weight excluding hydrogens is 378 g/mol. The van der Waals surface area contributed by atoms with Crippen LogP contribution >= 0.6 is 0 Å². The zero-order valence-corrected chi connectivity index (χ0v) is 17.5. The van der Waals surface area contributed by atoms with Crippen molar-refractivity contribution in [3.63, 3.8) is 0 Å². The first-order valence-corrected chi connectivity index (χ1v) is 10.8. The first kappa shape index (κ1) is 17.0. The van der Waals surface area contributed by atoms with Gasteiger partial charge in [0.1, 0.15) is 11.2 Å². The molecule has 2 aromatic heterocycles. The minimum atomic E-state index is -0.0385. The molecule has 0 radical (unpaired) electrons. The number of nitrogens with zero attached hydrogens (tertiary/aromatic N) is 1. The second-order valence-electron chi connectivity index (χ2n) is 9.03. The van der Waals surface area contributed by atoms with Crippen LogP contribution in [0.15, 0.2) is 95.4 Å². The van der Waals surface area contributed by atoms with E-state index in [9.17, 15) is 0 Å². The molecule has 0 atom stereocenters. The molecule has 0 bridgehead atoms. The van der Waals surface area contributed by atoms with E-state index in [1.807, 2.05) is 12.1 Å². The lowest BCUT2D eigenvalue weighted by molar-refractivity contribution is 0.666. The van der Waals surface area contributed by atoms with Crippen molar-refractivity contribution in [1.82, 2.24) is 4.57 Å². The molecule has 0 unspecified atom stereocenters. The van der Waals surface area contributed by atoms with E-state index in [-0.39, 0.29) is 5.41 Å². The number of fused-ring (bicyclic) bond motifs is 8.